The van der Waals surface area contributed by atoms with E-state index < -0.39 is 0 Å². The van der Waals surface area contributed by atoms with Crippen molar-refractivity contribution in [2.24, 2.45) is 11.7 Å². The lowest BCUT2D eigenvalue weighted by Gasteiger charge is -2.34. The second kappa shape index (κ2) is 9.40. The molecule has 0 radical (unpaired) electrons. The summed E-state index contributed by atoms with van der Waals surface area (Å²) in [5.74, 6) is 1.94. The van der Waals surface area contributed by atoms with Gasteiger partial charge in [-0.1, -0.05) is 11.6 Å². The molecule has 2 fully saturated rings. The van der Waals surface area contributed by atoms with Gasteiger partial charge in [-0.15, -0.1) is 0 Å². The Morgan fingerprint density at radius 3 is 2.67 bits per heavy atom. The van der Waals surface area contributed by atoms with Crippen LogP contribution in [0.5, 0.6) is 0 Å². The molecule has 176 valence electrons. The van der Waals surface area contributed by atoms with Gasteiger partial charge in [0.25, 0.3) is 0 Å². The van der Waals surface area contributed by atoms with Gasteiger partial charge in [0, 0.05) is 31.0 Å². The van der Waals surface area contributed by atoms with Gasteiger partial charge >= 0.3 is 0 Å². The van der Waals surface area contributed by atoms with E-state index in [0.29, 0.717) is 16.9 Å². The average molecular weight is 471 g/mol. The van der Waals surface area contributed by atoms with Crippen molar-refractivity contribution in [3.8, 4) is 0 Å². The maximum absolute atomic E-state index is 6.16. The molecule has 1 saturated heterocycles. The zero-order chi connectivity index (χ0) is 22.8. The molecular weight excluding hydrogens is 440 g/mol. The first-order chi connectivity index (χ1) is 16.0. The molecule has 3 aromatic heterocycles. The van der Waals surface area contributed by atoms with E-state index in [1.807, 2.05) is 6.07 Å². The zero-order valence-electron chi connectivity index (χ0n) is 18.9. The van der Waals surface area contributed by atoms with Crippen molar-refractivity contribution in [3.63, 3.8) is 0 Å². The molecule has 1 aliphatic carbocycles. The molecule has 0 spiro atoms. The van der Waals surface area contributed by atoms with Crippen LogP contribution < -0.4 is 16.4 Å². The summed E-state index contributed by atoms with van der Waals surface area (Å²) in [6.45, 7) is 4.44. The zero-order valence-corrected chi connectivity index (χ0v) is 19.7. The van der Waals surface area contributed by atoms with Crippen molar-refractivity contribution in [1.29, 1.82) is 0 Å². The summed E-state index contributed by atoms with van der Waals surface area (Å²) < 4.78 is 7.76. The topological polar surface area (TPSA) is 116 Å². The van der Waals surface area contributed by atoms with Crippen LogP contribution in [0.2, 0.25) is 5.02 Å². The molecule has 0 amide bonds. The van der Waals surface area contributed by atoms with Crippen LogP contribution in [0, 0.1) is 5.92 Å². The molecule has 33 heavy (non-hydrogen) atoms. The molecule has 2 aliphatic rings. The minimum Gasteiger partial charge on any atom is -0.381 e. The average Bonchev–Trinajstić information content (AvgIpc) is 3.16. The SMILES string of the molecule is CC1(Nc2ncc3nc(Nc4cncc(Cl)c4)n([C@H]4CC[C@@H](CN)CC4)c3n2)CCOCC1. The van der Waals surface area contributed by atoms with Crippen molar-refractivity contribution in [2.75, 3.05) is 30.4 Å². The molecule has 1 saturated carbocycles. The number of nitrogens with two attached hydrogens (primary N) is 1. The van der Waals surface area contributed by atoms with Gasteiger partial charge in [-0.3, -0.25) is 9.55 Å². The van der Waals surface area contributed by atoms with Crippen molar-refractivity contribution in [1.82, 2.24) is 24.5 Å². The van der Waals surface area contributed by atoms with Crippen LogP contribution in [0.4, 0.5) is 17.6 Å². The lowest BCUT2D eigenvalue weighted by atomic mass is 9.86. The fourth-order valence-electron chi connectivity index (χ4n) is 4.85. The second-order valence-corrected chi connectivity index (χ2v) is 9.87. The van der Waals surface area contributed by atoms with Gasteiger partial charge in [-0.25, -0.2) is 9.97 Å². The molecular formula is C23H31ClN8O. The van der Waals surface area contributed by atoms with Crippen LogP contribution in [0.25, 0.3) is 11.2 Å². The monoisotopic (exact) mass is 470 g/mol. The number of fused-ring (bicyclic) bond motifs is 1. The van der Waals surface area contributed by atoms with E-state index in [4.69, 9.17) is 32.0 Å². The Morgan fingerprint density at radius 1 is 1.15 bits per heavy atom. The second-order valence-electron chi connectivity index (χ2n) is 9.43. The number of pyridine rings is 1. The fraction of sp³-hybridized carbons (Fsp3) is 0.565. The third-order valence-electron chi connectivity index (χ3n) is 6.92. The number of anilines is 3. The molecule has 0 bridgehead atoms. The number of hydrogen-bond donors (Lipinski definition) is 3. The third-order valence-corrected chi connectivity index (χ3v) is 7.13. The first-order valence-electron chi connectivity index (χ1n) is 11.7. The Balaban J connectivity index is 1.51. The summed E-state index contributed by atoms with van der Waals surface area (Å²) in [6, 6.07) is 2.13. The van der Waals surface area contributed by atoms with E-state index >= 15 is 0 Å². The molecule has 10 heteroatoms. The van der Waals surface area contributed by atoms with Crippen LogP contribution in [-0.2, 0) is 4.74 Å². The van der Waals surface area contributed by atoms with Crippen molar-refractivity contribution in [3.05, 3.63) is 29.7 Å². The van der Waals surface area contributed by atoms with E-state index in [1.165, 1.54) is 0 Å². The normalized spacial score (nSPS) is 22.9. The Kier molecular flexibility index (Phi) is 6.36. The number of hydrogen-bond acceptors (Lipinski definition) is 8. The summed E-state index contributed by atoms with van der Waals surface area (Å²) in [6.07, 6.45) is 11.3. The molecule has 0 atom stereocenters. The largest absolute Gasteiger partial charge is 0.381 e. The maximum atomic E-state index is 6.16. The van der Waals surface area contributed by atoms with Gasteiger partial charge in [0.05, 0.1) is 23.1 Å². The molecule has 1 aliphatic heterocycles. The number of ether oxygens (including phenoxy) is 1. The number of rotatable bonds is 6. The van der Waals surface area contributed by atoms with E-state index in [1.54, 1.807) is 18.6 Å². The van der Waals surface area contributed by atoms with E-state index in [9.17, 15) is 0 Å². The van der Waals surface area contributed by atoms with Crippen LogP contribution in [0.15, 0.2) is 24.7 Å². The van der Waals surface area contributed by atoms with E-state index in [0.717, 1.165) is 81.1 Å². The highest BCUT2D eigenvalue weighted by atomic mass is 35.5. The van der Waals surface area contributed by atoms with Gasteiger partial charge in [0.15, 0.2) is 5.65 Å². The highest BCUT2D eigenvalue weighted by Gasteiger charge is 2.30. The quantitative estimate of drug-likeness (QED) is 0.488. The lowest BCUT2D eigenvalue weighted by molar-refractivity contribution is 0.0656. The predicted molar refractivity (Wildman–Crippen MR) is 130 cm³/mol. The van der Waals surface area contributed by atoms with Crippen LogP contribution in [0.3, 0.4) is 0 Å². The summed E-state index contributed by atoms with van der Waals surface area (Å²) in [7, 11) is 0. The number of nitrogens with one attached hydrogen (secondary N) is 2. The minimum atomic E-state index is -0.0799. The maximum Gasteiger partial charge on any atom is 0.225 e. The minimum absolute atomic E-state index is 0.0799. The van der Waals surface area contributed by atoms with Gasteiger partial charge in [-0.2, -0.15) is 4.98 Å². The summed E-state index contributed by atoms with van der Waals surface area (Å²) in [4.78, 5) is 18.5. The molecule has 3 aromatic rings. The smallest absolute Gasteiger partial charge is 0.225 e. The highest BCUT2D eigenvalue weighted by molar-refractivity contribution is 6.30. The van der Waals surface area contributed by atoms with Crippen molar-refractivity contribution >= 4 is 40.3 Å². The number of halogens is 1. The third kappa shape index (κ3) is 4.90. The summed E-state index contributed by atoms with van der Waals surface area (Å²) in [5.41, 5.74) is 8.24. The standard InChI is InChI=1S/C23H31ClN8O/c1-23(6-8-33-9-7-23)31-21-27-14-19-20(30-21)32(18-4-2-15(11-25)3-5-18)22(29-19)28-17-10-16(24)12-26-13-17/h10,12-15,18H,2-9,11,25H2,1H3,(H,28,29)(H,27,30,31)/t15-,18+. The molecule has 0 unspecified atom stereocenters. The summed E-state index contributed by atoms with van der Waals surface area (Å²) in [5, 5.41) is 7.53. The number of aromatic nitrogens is 5. The van der Waals surface area contributed by atoms with Crippen LogP contribution >= 0.6 is 11.6 Å². The Bertz CT molecular complexity index is 1110. The molecule has 4 heterocycles. The van der Waals surface area contributed by atoms with Crippen molar-refractivity contribution < 1.29 is 4.74 Å². The predicted octanol–water partition coefficient (Wildman–Crippen LogP) is 4.29. The Labute approximate surface area is 198 Å². The highest BCUT2D eigenvalue weighted by Crippen LogP contribution is 2.37. The van der Waals surface area contributed by atoms with E-state index in [2.05, 4.69) is 32.1 Å². The van der Waals surface area contributed by atoms with Crippen LogP contribution in [0.1, 0.15) is 51.5 Å². The van der Waals surface area contributed by atoms with Gasteiger partial charge < -0.3 is 21.1 Å². The van der Waals surface area contributed by atoms with Crippen molar-refractivity contribution in [2.45, 2.75) is 57.0 Å². The Morgan fingerprint density at radius 2 is 1.94 bits per heavy atom. The number of imidazole rings is 1. The Hall–Kier alpha value is -2.49. The van der Waals surface area contributed by atoms with Gasteiger partial charge in [0.1, 0.15) is 5.52 Å². The lowest BCUT2D eigenvalue weighted by Crippen LogP contribution is -2.41. The van der Waals surface area contributed by atoms with E-state index in [-0.39, 0.29) is 11.6 Å². The molecule has 0 aromatic carbocycles. The molecule has 4 N–H and O–H groups in total. The van der Waals surface area contributed by atoms with Gasteiger partial charge in [-0.05, 0) is 64.0 Å². The fourth-order valence-corrected chi connectivity index (χ4v) is 5.02. The first-order valence-corrected chi connectivity index (χ1v) is 12.1. The molecule has 5 rings (SSSR count). The number of nitrogens with zero attached hydrogens (tertiary/aromatic N) is 5. The van der Waals surface area contributed by atoms with Crippen LogP contribution in [-0.4, -0.2) is 49.8 Å². The first kappa shape index (κ1) is 22.3. The van der Waals surface area contributed by atoms with Gasteiger partial charge in [0.2, 0.25) is 11.9 Å². The molecule has 9 nitrogen and oxygen atoms in total. The summed E-state index contributed by atoms with van der Waals surface area (Å²) >= 11 is 6.16.